The molecule has 0 unspecified atom stereocenters. The molecule has 0 atom stereocenters. The highest BCUT2D eigenvalue weighted by molar-refractivity contribution is 9.10. The highest BCUT2D eigenvalue weighted by Gasteiger charge is 2.06. The Hall–Kier alpha value is -0.140. The molecule has 0 aliphatic carbocycles. The number of nitrogens with one attached hydrogen (secondary N) is 2. The van der Waals surface area contributed by atoms with Gasteiger partial charge in [0.2, 0.25) is 10.0 Å². The van der Waals surface area contributed by atoms with Gasteiger partial charge in [-0.15, -0.1) is 0 Å². The zero-order chi connectivity index (χ0) is 12.9. The van der Waals surface area contributed by atoms with Gasteiger partial charge in [0.05, 0.1) is 5.75 Å². The van der Waals surface area contributed by atoms with E-state index in [-0.39, 0.29) is 5.75 Å². The number of hydrogen-bond acceptors (Lipinski definition) is 3. The summed E-state index contributed by atoms with van der Waals surface area (Å²) in [4.78, 5) is 0. The second-order valence-electron chi connectivity index (χ2n) is 3.44. The van der Waals surface area contributed by atoms with Crippen molar-refractivity contribution in [2.75, 3.05) is 19.3 Å². The SMILES string of the molecule is CNS(=O)(=O)CCNCc1ccc(Br)cc1Cl. The molecule has 0 saturated heterocycles. The summed E-state index contributed by atoms with van der Waals surface area (Å²) in [5.74, 6) is 0.0532. The van der Waals surface area contributed by atoms with Crippen molar-refractivity contribution in [1.82, 2.24) is 10.0 Å². The topological polar surface area (TPSA) is 58.2 Å². The van der Waals surface area contributed by atoms with E-state index >= 15 is 0 Å². The van der Waals surface area contributed by atoms with Gasteiger partial charge in [-0.05, 0) is 24.7 Å². The van der Waals surface area contributed by atoms with Gasteiger partial charge >= 0.3 is 0 Å². The normalized spacial score (nSPS) is 11.7. The Balaban J connectivity index is 2.41. The highest BCUT2D eigenvalue weighted by Crippen LogP contribution is 2.20. The fourth-order valence-electron chi connectivity index (χ4n) is 1.20. The molecule has 0 radical (unpaired) electrons. The summed E-state index contributed by atoms with van der Waals surface area (Å²) in [5.41, 5.74) is 0.941. The Morgan fingerprint density at radius 3 is 2.71 bits per heavy atom. The van der Waals surface area contributed by atoms with E-state index in [0.29, 0.717) is 18.1 Å². The summed E-state index contributed by atoms with van der Waals surface area (Å²) in [6.07, 6.45) is 0. The molecule has 0 aliphatic rings. The first-order valence-electron chi connectivity index (χ1n) is 5.00. The first-order valence-corrected chi connectivity index (χ1v) is 7.83. The molecule has 0 heterocycles. The average molecular weight is 342 g/mol. The van der Waals surface area contributed by atoms with Crippen LogP contribution in [0.1, 0.15) is 5.56 Å². The van der Waals surface area contributed by atoms with Crippen molar-refractivity contribution < 1.29 is 8.42 Å². The number of hydrogen-bond donors (Lipinski definition) is 2. The van der Waals surface area contributed by atoms with Crippen molar-refractivity contribution in [2.24, 2.45) is 0 Å². The molecular formula is C10H14BrClN2O2S. The zero-order valence-electron chi connectivity index (χ0n) is 9.33. The number of sulfonamides is 1. The molecule has 0 bridgehead atoms. The Kier molecular flexibility index (Phi) is 5.88. The van der Waals surface area contributed by atoms with E-state index < -0.39 is 10.0 Å². The van der Waals surface area contributed by atoms with Gasteiger partial charge in [0.25, 0.3) is 0 Å². The minimum Gasteiger partial charge on any atom is -0.312 e. The second kappa shape index (κ2) is 6.70. The fraction of sp³-hybridized carbons (Fsp3) is 0.400. The molecule has 1 aromatic rings. The first-order chi connectivity index (χ1) is 7.94. The van der Waals surface area contributed by atoms with Crippen LogP contribution in [0.3, 0.4) is 0 Å². The molecule has 7 heteroatoms. The standard InChI is InChI=1S/C10H14BrClN2O2S/c1-13-17(15,16)5-4-14-7-8-2-3-9(11)6-10(8)12/h2-3,6,13-14H,4-5,7H2,1H3. The lowest BCUT2D eigenvalue weighted by molar-refractivity contribution is 0.583. The second-order valence-corrected chi connectivity index (χ2v) is 6.80. The summed E-state index contributed by atoms with van der Waals surface area (Å²) < 4.78 is 25.5. The molecule has 0 amide bonds. The third-order valence-electron chi connectivity index (χ3n) is 2.19. The van der Waals surface area contributed by atoms with Crippen molar-refractivity contribution >= 4 is 37.6 Å². The van der Waals surface area contributed by atoms with Crippen LogP contribution < -0.4 is 10.0 Å². The van der Waals surface area contributed by atoms with E-state index in [1.807, 2.05) is 18.2 Å². The van der Waals surface area contributed by atoms with Gasteiger partial charge in [-0.25, -0.2) is 13.1 Å². The molecule has 2 N–H and O–H groups in total. The van der Waals surface area contributed by atoms with Crippen LogP contribution in [0.15, 0.2) is 22.7 Å². The van der Waals surface area contributed by atoms with E-state index in [4.69, 9.17) is 11.6 Å². The molecule has 0 spiro atoms. The van der Waals surface area contributed by atoms with Gasteiger partial charge in [-0.2, -0.15) is 0 Å². The maximum Gasteiger partial charge on any atom is 0.212 e. The smallest absolute Gasteiger partial charge is 0.212 e. The van der Waals surface area contributed by atoms with Crippen LogP contribution >= 0.6 is 27.5 Å². The predicted octanol–water partition coefficient (Wildman–Crippen LogP) is 1.74. The van der Waals surface area contributed by atoms with Crippen molar-refractivity contribution in [1.29, 1.82) is 0 Å². The molecule has 0 saturated carbocycles. The summed E-state index contributed by atoms with van der Waals surface area (Å²) in [7, 11) is -1.74. The molecule has 0 aromatic heterocycles. The first kappa shape index (κ1) is 14.9. The quantitative estimate of drug-likeness (QED) is 0.775. The van der Waals surface area contributed by atoms with Gasteiger partial charge in [-0.1, -0.05) is 33.6 Å². The highest BCUT2D eigenvalue weighted by atomic mass is 79.9. The molecule has 4 nitrogen and oxygen atoms in total. The Morgan fingerprint density at radius 1 is 1.41 bits per heavy atom. The van der Waals surface area contributed by atoms with Gasteiger partial charge in [-0.3, -0.25) is 0 Å². The summed E-state index contributed by atoms with van der Waals surface area (Å²) in [5, 5.41) is 3.69. The van der Waals surface area contributed by atoms with E-state index in [1.165, 1.54) is 7.05 Å². The molecule has 0 aliphatic heterocycles. The van der Waals surface area contributed by atoms with Crippen molar-refractivity contribution in [2.45, 2.75) is 6.54 Å². The van der Waals surface area contributed by atoms with Crippen molar-refractivity contribution in [3.05, 3.63) is 33.3 Å². The Morgan fingerprint density at radius 2 is 2.12 bits per heavy atom. The van der Waals surface area contributed by atoms with Crippen molar-refractivity contribution in [3.63, 3.8) is 0 Å². The largest absolute Gasteiger partial charge is 0.312 e. The minimum atomic E-state index is -3.14. The monoisotopic (exact) mass is 340 g/mol. The molecule has 17 heavy (non-hydrogen) atoms. The van der Waals surface area contributed by atoms with Gasteiger partial charge < -0.3 is 5.32 Å². The van der Waals surface area contributed by atoms with Crippen LogP contribution in [-0.4, -0.2) is 27.8 Å². The van der Waals surface area contributed by atoms with Crippen LogP contribution in [0.25, 0.3) is 0 Å². The maximum atomic E-state index is 11.1. The minimum absolute atomic E-state index is 0.0532. The Bertz CT molecular complexity index is 479. The van der Waals surface area contributed by atoms with Crippen LogP contribution in [0, 0.1) is 0 Å². The summed E-state index contributed by atoms with van der Waals surface area (Å²) >= 11 is 9.35. The van der Waals surface area contributed by atoms with Gasteiger partial charge in [0, 0.05) is 22.6 Å². The average Bonchev–Trinajstić information content (AvgIpc) is 2.27. The van der Waals surface area contributed by atoms with E-state index in [0.717, 1.165) is 10.0 Å². The molecule has 96 valence electrons. The molecular weight excluding hydrogens is 328 g/mol. The van der Waals surface area contributed by atoms with Crippen molar-refractivity contribution in [3.8, 4) is 0 Å². The van der Waals surface area contributed by atoms with Gasteiger partial charge in [0.1, 0.15) is 0 Å². The lowest BCUT2D eigenvalue weighted by Crippen LogP contribution is -2.29. The fourth-order valence-corrected chi connectivity index (χ4v) is 2.55. The summed E-state index contributed by atoms with van der Waals surface area (Å²) in [6, 6.07) is 5.60. The third-order valence-corrected chi connectivity index (χ3v) is 4.40. The van der Waals surface area contributed by atoms with Crippen LogP contribution in [-0.2, 0) is 16.6 Å². The van der Waals surface area contributed by atoms with E-state index in [9.17, 15) is 8.42 Å². The lowest BCUT2D eigenvalue weighted by Gasteiger charge is -2.07. The third kappa shape index (κ3) is 5.35. The molecule has 0 fully saturated rings. The van der Waals surface area contributed by atoms with E-state index in [2.05, 4.69) is 26.0 Å². The van der Waals surface area contributed by atoms with E-state index in [1.54, 1.807) is 0 Å². The van der Waals surface area contributed by atoms with Crippen LogP contribution in [0.5, 0.6) is 0 Å². The number of halogens is 2. The zero-order valence-corrected chi connectivity index (χ0v) is 12.5. The Labute approximate surface area is 115 Å². The summed E-state index contributed by atoms with van der Waals surface area (Å²) in [6.45, 7) is 0.931. The molecule has 1 aromatic carbocycles. The molecule has 1 rings (SSSR count). The predicted molar refractivity (Wildman–Crippen MR) is 73.7 cm³/mol. The lowest BCUT2D eigenvalue weighted by atomic mass is 10.2. The van der Waals surface area contributed by atoms with Crippen LogP contribution in [0.2, 0.25) is 5.02 Å². The van der Waals surface area contributed by atoms with Gasteiger partial charge in [0.15, 0.2) is 0 Å². The number of rotatable bonds is 6. The maximum absolute atomic E-state index is 11.1. The van der Waals surface area contributed by atoms with Crippen LogP contribution in [0.4, 0.5) is 0 Å². The number of benzene rings is 1.